The Hall–Kier alpha value is -0.890. The molecule has 2 rings (SSSR count). The molecule has 2 unspecified atom stereocenters. The number of β-amino-alcohol motifs (C(OH)–C–C–N with tert-alkyl or cyclic N) is 1. The quantitative estimate of drug-likeness (QED) is 0.706. The molecule has 0 aliphatic carbocycles. The van der Waals surface area contributed by atoms with Crippen molar-refractivity contribution in [2.24, 2.45) is 5.92 Å². The molecular formula is C13H17ClF2N2O2S. The molecule has 1 heterocycles. The average molecular weight is 339 g/mol. The van der Waals surface area contributed by atoms with Crippen molar-refractivity contribution >= 4 is 30.1 Å². The fourth-order valence-corrected chi connectivity index (χ4v) is 2.69. The van der Waals surface area contributed by atoms with E-state index in [-0.39, 0.29) is 30.0 Å². The number of benzene rings is 1. The van der Waals surface area contributed by atoms with Crippen molar-refractivity contribution in [3.05, 3.63) is 29.8 Å². The van der Waals surface area contributed by atoms with Gasteiger partial charge in [0.25, 0.3) is 0 Å². The number of rotatable bonds is 5. The van der Waals surface area contributed by atoms with E-state index >= 15 is 0 Å². The summed E-state index contributed by atoms with van der Waals surface area (Å²) in [6.45, 7) is 1.63. The zero-order chi connectivity index (χ0) is 14.5. The first-order valence-electron chi connectivity index (χ1n) is 6.29. The first-order chi connectivity index (χ1) is 9.56. The highest BCUT2D eigenvalue weighted by Gasteiger charge is 2.24. The summed E-state index contributed by atoms with van der Waals surface area (Å²) in [6, 6.07) is 3.54. The average Bonchev–Trinajstić information content (AvgIpc) is 2.83. The topological polar surface area (TPSA) is 61.4 Å². The van der Waals surface area contributed by atoms with Crippen LogP contribution >= 0.6 is 24.2 Å². The SMILES string of the molecule is Cl.O=C(CSc1ccc(F)c(F)c1)NCC1CNCC1O. The molecule has 118 valence electrons. The van der Waals surface area contributed by atoms with Crippen LogP contribution < -0.4 is 10.6 Å². The van der Waals surface area contributed by atoms with Crippen LogP contribution in [0.25, 0.3) is 0 Å². The molecule has 1 saturated heterocycles. The van der Waals surface area contributed by atoms with E-state index in [2.05, 4.69) is 10.6 Å². The van der Waals surface area contributed by atoms with Crippen molar-refractivity contribution < 1.29 is 18.7 Å². The number of thioether (sulfide) groups is 1. The van der Waals surface area contributed by atoms with E-state index in [1.165, 1.54) is 6.07 Å². The predicted molar refractivity (Wildman–Crippen MR) is 79.7 cm³/mol. The Kier molecular flexibility index (Phi) is 7.37. The van der Waals surface area contributed by atoms with Crippen LogP contribution in [0.4, 0.5) is 8.78 Å². The van der Waals surface area contributed by atoms with Crippen LogP contribution in [0.1, 0.15) is 0 Å². The minimum Gasteiger partial charge on any atom is -0.391 e. The molecule has 1 amide bonds. The maximum Gasteiger partial charge on any atom is 0.230 e. The van der Waals surface area contributed by atoms with Gasteiger partial charge in [0.05, 0.1) is 11.9 Å². The lowest BCUT2D eigenvalue weighted by molar-refractivity contribution is -0.118. The fourth-order valence-electron chi connectivity index (χ4n) is 1.94. The van der Waals surface area contributed by atoms with Gasteiger partial charge in [0.1, 0.15) is 0 Å². The smallest absolute Gasteiger partial charge is 0.230 e. The zero-order valence-electron chi connectivity index (χ0n) is 11.1. The summed E-state index contributed by atoms with van der Waals surface area (Å²) >= 11 is 1.14. The molecule has 1 aromatic rings. The second-order valence-corrected chi connectivity index (χ2v) is 5.70. The summed E-state index contributed by atoms with van der Waals surface area (Å²) in [5.41, 5.74) is 0. The van der Waals surface area contributed by atoms with E-state index in [4.69, 9.17) is 0 Å². The Morgan fingerprint density at radius 2 is 2.14 bits per heavy atom. The van der Waals surface area contributed by atoms with E-state index in [9.17, 15) is 18.7 Å². The first-order valence-corrected chi connectivity index (χ1v) is 7.28. The van der Waals surface area contributed by atoms with Crippen molar-refractivity contribution in [1.29, 1.82) is 0 Å². The summed E-state index contributed by atoms with van der Waals surface area (Å²) in [6.07, 6.45) is -0.436. The highest BCUT2D eigenvalue weighted by molar-refractivity contribution is 8.00. The van der Waals surface area contributed by atoms with Crippen LogP contribution in [-0.2, 0) is 4.79 Å². The summed E-state index contributed by atoms with van der Waals surface area (Å²) < 4.78 is 25.7. The van der Waals surface area contributed by atoms with Gasteiger partial charge in [-0.05, 0) is 18.2 Å². The Labute approximate surface area is 132 Å². The molecule has 0 radical (unpaired) electrons. The molecule has 21 heavy (non-hydrogen) atoms. The number of hydrogen-bond acceptors (Lipinski definition) is 4. The van der Waals surface area contributed by atoms with Gasteiger partial charge in [0.15, 0.2) is 11.6 Å². The molecule has 4 nitrogen and oxygen atoms in total. The van der Waals surface area contributed by atoms with Crippen molar-refractivity contribution in [1.82, 2.24) is 10.6 Å². The summed E-state index contributed by atoms with van der Waals surface area (Å²) in [4.78, 5) is 12.1. The van der Waals surface area contributed by atoms with Crippen LogP contribution in [0.15, 0.2) is 23.1 Å². The molecule has 0 bridgehead atoms. The second kappa shape index (κ2) is 8.53. The van der Waals surface area contributed by atoms with Crippen LogP contribution in [0.5, 0.6) is 0 Å². The van der Waals surface area contributed by atoms with Gasteiger partial charge in [-0.25, -0.2) is 8.78 Å². The van der Waals surface area contributed by atoms with Gasteiger partial charge < -0.3 is 15.7 Å². The lowest BCUT2D eigenvalue weighted by atomic mass is 10.1. The number of amides is 1. The number of carbonyl (C=O) groups is 1. The molecule has 8 heteroatoms. The van der Waals surface area contributed by atoms with Crippen molar-refractivity contribution in [2.75, 3.05) is 25.4 Å². The van der Waals surface area contributed by atoms with Gasteiger partial charge in [-0.15, -0.1) is 24.2 Å². The molecule has 0 saturated carbocycles. The zero-order valence-corrected chi connectivity index (χ0v) is 12.8. The highest BCUT2D eigenvalue weighted by atomic mass is 35.5. The van der Waals surface area contributed by atoms with E-state index in [0.717, 1.165) is 23.9 Å². The van der Waals surface area contributed by atoms with Crippen LogP contribution in [0, 0.1) is 17.6 Å². The lowest BCUT2D eigenvalue weighted by Crippen LogP contribution is -2.35. The van der Waals surface area contributed by atoms with Gasteiger partial charge in [-0.2, -0.15) is 0 Å². The van der Waals surface area contributed by atoms with Crippen molar-refractivity contribution in [3.63, 3.8) is 0 Å². The minimum atomic E-state index is -0.921. The molecule has 0 aromatic heterocycles. The largest absolute Gasteiger partial charge is 0.391 e. The maximum atomic E-state index is 13.0. The monoisotopic (exact) mass is 338 g/mol. The van der Waals surface area contributed by atoms with Crippen LogP contribution in [-0.4, -0.2) is 42.5 Å². The molecule has 3 N–H and O–H groups in total. The molecule has 1 aliphatic heterocycles. The Morgan fingerprint density at radius 3 is 2.76 bits per heavy atom. The molecule has 0 spiro atoms. The van der Waals surface area contributed by atoms with Gasteiger partial charge in [-0.1, -0.05) is 0 Å². The number of nitrogens with one attached hydrogen (secondary N) is 2. The summed E-state index contributed by atoms with van der Waals surface area (Å²) in [5.74, 6) is -1.87. The Morgan fingerprint density at radius 1 is 1.38 bits per heavy atom. The minimum absolute atomic E-state index is 0. The van der Waals surface area contributed by atoms with Gasteiger partial charge in [0, 0.05) is 30.4 Å². The number of hydrogen-bond donors (Lipinski definition) is 3. The molecular weight excluding hydrogens is 322 g/mol. The Balaban J connectivity index is 0.00000220. The van der Waals surface area contributed by atoms with Gasteiger partial charge >= 0.3 is 0 Å². The van der Waals surface area contributed by atoms with Gasteiger partial charge in [0.2, 0.25) is 5.91 Å². The molecule has 1 fully saturated rings. The first kappa shape index (κ1) is 18.2. The number of halogens is 3. The van der Waals surface area contributed by atoms with Crippen molar-refractivity contribution in [3.8, 4) is 0 Å². The molecule has 1 aromatic carbocycles. The second-order valence-electron chi connectivity index (χ2n) is 4.65. The van der Waals surface area contributed by atoms with Gasteiger partial charge in [-0.3, -0.25) is 4.79 Å². The van der Waals surface area contributed by atoms with Crippen LogP contribution in [0.3, 0.4) is 0 Å². The summed E-state index contributed by atoms with van der Waals surface area (Å²) in [5, 5.41) is 15.3. The molecule has 1 aliphatic rings. The third-order valence-corrected chi connectivity index (χ3v) is 4.12. The van der Waals surface area contributed by atoms with E-state index in [0.29, 0.717) is 24.5 Å². The fraction of sp³-hybridized carbons (Fsp3) is 0.462. The number of aliphatic hydroxyl groups excluding tert-OH is 1. The lowest BCUT2D eigenvalue weighted by Gasteiger charge is -2.13. The number of aliphatic hydroxyl groups is 1. The third kappa shape index (κ3) is 5.43. The van der Waals surface area contributed by atoms with E-state index in [1.54, 1.807) is 0 Å². The van der Waals surface area contributed by atoms with Crippen LogP contribution in [0.2, 0.25) is 0 Å². The maximum absolute atomic E-state index is 13.0. The highest BCUT2D eigenvalue weighted by Crippen LogP contribution is 2.20. The van der Waals surface area contributed by atoms with E-state index < -0.39 is 17.7 Å². The predicted octanol–water partition coefficient (Wildman–Crippen LogP) is 1.18. The normalized spacial score (nSPS) is 20.9. The third-order valence-electron chi connectivity index (χ3n) is 3.13. The number of carbonyl (C=O) groups excluding carboxylic acids is 1. The van der Waals surface area contributed by atoms with E-state index in [1.807, 2.05) is 0 Å². The molecule has 2 atom stereocenters. The Bertz CT molecular complexity index is 493. The summed E-state index contributed by atoms with van der Waals surface area (Å²) in [7, 11) is 0. The van der Waals surface area contributed by atoms with Crippen molar-refractivity contribution in [2.45, 2.75) is 11.0 Å². The standard InChI is InChI=1S/C13H16F2N2O2S.ClH/c14-10-2-1-9(3-11(10)15)20-7-13(19)17-5-8-4-16-6-12(8)18;/h1-3,8,12,16,18H,4-7H2,(H,17,19);1H.